The molecule has 1 unspecified atom stereocenters. The number of carbonyl (C=O) groups excluding carboxylic acids is 1. The Kier molecular flexibility index (Phi) is 3.65. The van der Waals surface area contributed by atoms with Crippen molar-refractivity contribution in [2.75, 3.05) is 20.1 Å². The molecule has 0 spiro atoms. The van der Waals surface area contributed by atoms with Gasteiger partial charge in [0.2, 0.25) is 5.91 Å². The number of amides is 1. The average Bonchev–Trinajstić information content (AvgIpc) is 2.95. The van der Waals surface area contributed by atoms with Crippen molar-refractivity contribution in [3.05, 3.63) is 54.2 Å². The van der Waals surface area contributed by atoms with Gasteiger partial charge >= 0.3 is 0 Å². The summed E-state index contributed by atoms with van der Waals surface area (Å²) < 4.78 is 5.07. The lowest BCUT2D eigenvalue weighted by molar-refractivity contribution is -0.132. The monoisotopic (exact) mass is 311 g/mol. The largest absolute Gasteiger partial charge is 0.472 e. The van der Waals surface area contributed by atoms with Gasteiger partial charge in [0.05, 0.1) is 18.2 Å². The molecule has 1 aliphatic carbocycles. The Bertz CT molecular complexity index is 659. The number of nitrogens with zero attached hydrogens (tertiary/aromatic N) is 3. The first-order chi connectivity index (χ1) is 11.2. The first-order valence-corrected chi connectivity index (χ1v) is 8.10. The molecule has 0 radical (unpaired) electrons. The molecule has 2 aliphatic rings. The Morgan fingerprint density at radius 1 is 1.35 bits per heavy atom. The molecule has 5 nitrogen and oxygen atoms in total. The number of furan rings is 1. The third-order valence-electron chi connectivity index (χ3n) is 5.04. The predicted octanol–water partition coefficient (Wildman–Crippen LogP) is 2.01. The molecular weight excluding hydrogens is 290 g/mol. The number of carbonyl (C=O) groups is 1. The highest BCUT2D eigenvalue weighted by molar-refractivity contribution is 5.82. The Morgan fingerprint density at radius 3 is 2.83 bits per heavy atom. The quantitative estimate of drug-likeness (QED) is 0.847. The van der Waals surface area contributed by atoms with E-state index in [0.29, 0.717) is 18.4 Å². The third kappa shape index (κ3) is 2.88. The summed E-state index contributed by atoms with van der Waals surface area (Å²) in [5, 5.41) is 0. The fraction of sp³-hybridized carbons (Fsp3) is 0.444. The van der Waals surface area contributed by atoms with E-state index in [1.54, 1.807) is 12.5 Å². The van der Waals surface area contributed by atoms with E-state index in [1.807, 2.05) is 36.3 Å². The van der Waals surface area contributed by atoms with Crippen LogP contribution in [0.1, 0.15) is 11.3 Å². The van der Waals surface area contributed by atoms with Crippen LogP contribution in [0.15, 0.2) is 47.4 Å². The zero-order valence-corrected chi connectivity index (χ0v) is 13.3. The second-order valence-electron chi connectivity index (χ2n) is 6.69. The molecule has 2 fully saturated rings. The van der Waals surface area contributed by atoms with Gasteiger partial charge in [-0.3, -0.25) is 14.7 Å². The van der Waals surface area contributed by atoms with E-state index in [4.69, 9.17) is 4.42 Å². The van der Waals surface area contributed by atoms with Crippen LogP contribution in [0, 0.1) is 17.8 Å². The van der Waals surface area contributed by atoms with E-state index in [-0.39, 0.29) is 11.8 Å². The molecule has 2 aromatic heterocycles. The van der Waals surface area contributed by atoms with Crippen LogP contribution in [-0.4, -0.2) is 40.8 Å². The normalized spacial score (nSPS) is 26.0. The highest BCUT2D eigenvalue weighted by atomic mass is 16.3. The van der Waals surface area contributed by atoms with Crippen molar-refractivity contribution < 1.29 is 9.21 Å². The minimum atomic E-state index is 0.215. The fourth-order valence-electron chi connectivity index (χ4n) is 3.82. The van der Waals surface area contributed by atoms with Gasteiger partial charge in [0.15, 0.2) is 0 Å². The summed E-state index contributed by atoms with van der Waals surface area (Å²) in [6, 6.07) is 7.93. The molecule has 1 saturated carbocycles. The maximum atomic E-state index is 12.6. The van der Waals surface area contributed by atoms with Gasteiger partial charge in [-0.1, -0.05) is 6.07 Å². The van der Waals surface area contributed by atoms with E-state index in [0.717, 1.165) is 30.9 Å². The second-order valence-corrected chi connectivity index (χ2v) is 6.69. The van der Waals surface area contributed by atoms with Gasteiger partial charge in [0.25, 0.3) is 0 Å². The number of rotatable bonds is 5. The molecule has 0 aromatic carbocycles. The Morgan fingerprint density at radius 2 is 2.17 bits per heavy atom. The fourth-order valence-corrected chi connectivity index (χ4v) is 3.82. The second kappa shape index (κ2) is 5.81. The number of hydrogen-bond donors (Lipinski definition) is 0. The van der Waals surface area contributed by atoms with Gasteiger partial charge < -0.3 is 9.32 Å². The topological polar surface area (TPSA) is 49.6 Å². The molecule has 120 valence electrons. The van der Waals surface area contributed by atoms with Crippen molar-refractivity contribution in [3.63, 3.8) is 0 Å². The number of pyridine rings is 1. The molecule has 1 aliphatic heterocycles. The SMILES string of the molecule is CN(Cc1ccoc1)C(=O)C1[C@H]2CN(Cc3ccccn3)C[C@@H]12. The Labute approximate surface area is 135 Å². The number of likely N-dealkylation sites (tertiary alicyclic amines) is 1. The van der Waals surface area contributed by atoms with Crippen LogP contribution in [0.4, 0.5) is 0 Å². The van der Waals surface area contributed by atoms with E-state index < -0.39 is 0 Å². The Hall–Kier alpha value is -2.14. The van der Waals surface area contributed by atoms with E-state index in [1.165, 1.54) is 0 Å². The van der Waals surface area contributed by atoms with Crippen LogP contribution in [0.5, 0.6) is 0 Å². The maximum absolute atomic E-state index is 12.6. The zero-order valence-electron chi connectivity index (χ0n) is 13.3. The smallest absolute Gasteiger partial charge is 0.226 e. The lowest BCUT2D eigenvalue weighted by Gasteiger charge is -2.21. The standard InChI is InChI=1S/C18H21N3O2/c1-20(8-13-5-7-23-12-13)18(22)17-15-10-21(11-16(15)17)9-14-4-2-3-6-19-14/h2-7,12,15-17H,8-11H2,1H3/t15-,16+,17?. The number of piperidine rings is 1. The Balaban J connectivity index is 1.29. The van der Waals surface area contributed by atoms with Gasteiger partial charge in [-0.25, -0.2) is 0 Å². The van der Waals surface area contributed by atoms with Gasteiger partial charge in [0.1, 0.15) is 0 Å². The molecule has 2 aromatic rings. The first kappa shape index (κ1) is 14.5. The zero-order chi connectivity index (χ0) is 15.8. The average molecular weight is 311 g/mol. The summed E-state index contributed by atoms with van der Waals surface area (Å²) >= 11 is 0. The van der Waals surface area contributed by atoms with E-state index >= 15 is 0 Å². The number of fused-ring (bicyclic) bond motifs is 1. The summed E-state index contributed by atoms with van der Waals surface area (Å²) in [5.41, 5.74) is 2.15. The predicted molar refractivity (Wildman–Crippen MR) is 85.2 cm³/mol. The van der Waals surface area contributed by atoms with Crippen LogP contribution >= 0.6 is 0 Å². The maximum Gasteiger partial charge on any atom is 0.226 e. The van der Waals surface area contributed by atoms with E-state index in [2.05, 4.69) is 16.0 Å². The minimum absolute atomic E-state index is 0.215. The molecule has 1 saturated heterocycles. The van der Waals surface area contributed by atoms with Crippen LogP contribution in [0.3, 0.4) is 0 Å². The highest BCUT2D eigenvalue weighted by Gasteiger charge is 2.59. The van der Waals surface area contributed by atoms with Crippen molar-refractivity contribution >= 4 is 5.91 Å². The van der Waals surface area contributed by atoms with Crippen molar-refractivity contribution in [1.82, 2.24) is 14.8 Å². The lowest BCUT2D eigenvalue weighted by atomic mass is 10.2. The van der Waals surface area contributed by atoms with Gasteiger partial charge in [-0.15, -0.1) is 0 Å². The molecule has 0 N–H and O–H groups in total. The van der Waals surface area contributed by atoms with Gasteiger partial charge in [-0.2, -0.15) is 0 Å². The van der Waals surface area contributed by atoms with Crippen LogP contribution in [0.2, 0.25) is 0 Å². The minimum Gasteiger partial charge on any atom is -0.472 e. The van der Waals surface area contributed by atoms with Crippen molar-refractivity contribution in [3.8, 4) is 0 Å². The van der Waals surface area contributed by atoms with E-state index in [9.17, 15) is 4.79 Å². The van der Waals surface area contributed by atoms with Crippen LogP contribution < -0.4 is 0 Å². The van der Waals surface area contributed by atoms with Gasteiger partial charge in [0, 0.05) is 50.9 Å². The third-order valence-corrected chi connectivity index (χ3v) is 5.04. The molecular formula is C18H21N3O2. The summed E-state index contributed by atoms with van der Waals surface area (Å²) in [7, 11) is 1.88. The van der Waals surface area contributed by atoms with Crippen LogP contribution in [0.25, 0.3) is 0 Å². The highest BCUT2D eigenvalue weighted by Crippen LogP contribution is 2.52. The molecule has 0 bridgehead atoms. The van der Waals surface area contributed by atoms with Crippen molar-refractivity contribution in [2.24, 2.45) is 17.8 Å². The van der Waals surface area contributed by atoms with Crippen molar-refractivity contribution in [2.45, 2.75) is 13.1 Å². The number of hydrogen-bond acceptors (Lipinski definition) is 4. The van der Waals surface area contributed by atoms with Gasteiger partial charge in [-0.05, 0) is 30.0 Å². The summed E-state index contributed by atoms with van der Waals surface area (Å²) in [5.74, 6) is 1.54. The molecule has 5 heteroatoms. The lowest BCUT2D eigenvalue weighted by Crippen LogP contribution is -2.32. The molecule has 23 heavy (non-hydrogen) atoms. The summed E-state index contributed by atoms with van der Waals surface area (Å²) in [6.07, 6.45) is 5.18. The van der Waals surface area contributed by atoms with Crippen LogP contribution in [-0.2, 0) is 17.9 Å². The first-order valence-electron chi connectivity index (χ1n) is 8.10. The van der Waals surface area contributed by atoms with Crippen molar-refractivity contribution in [1.29, 1.82) is 0 Å². The molecule has 3 atom stereocenters. The molecule has 3 heterocycles. The molecule has 4 rings (SSSR count). The summed E-state index contributed by atoms with van der Waals surface area (Å²) in [4.78, 5) is 21.2. The summed E-state index contributed by atoms with van der Waals surface area (Å²) in [6.45, 7) is 3.54. The number of aromatic nitrogens is 1. The molecule has 1 amide bonds.